The molecular weight excluding hydrogens is 422 g/mol. The SMILES string of the molecule is COc1ccc(-n2nnc(C(=O)NCc3cc(OC)ccc3OC)c2-c2cccnc2)cc1. The third-order valence-electron chi connectivity index (χ3n) is 5.06. The van der Waals surface area contributed by atoms with Crippen LogP contribution in [0.25, 0.3) is 16.9 Å². The van der Waals surface area contributed by atoms with Crippen molar-refractivity contribution in [2.24, 2.45) is 0 Å². The van der Waals surface area contributed by atoms with E-state index in [4.69, 9.17) is 14.2 Å². The number of nitrogens with zero attached hydrogens (tertiary/aromatic N) is 4. The fourth-order valence-corrected chi connectivity index (χ4v) is 3.38. The largest absolute Gasteiger partial charge is 0.497 e. The van der Waals surface area contributed by atoms with Crippen molar-refractivity contribution in [1.29, 1.82) is 0 Å². The molecule has 2 aromatic heterocycles. The standard InChI is InChI=1S/C24H23N5O4/c1-31-19-8-6-18(7-9-19)29-23(16-5-4-12-25-14-16)22(27-28-29)24(30)26-15-17-13-20(32-2)10-11-21(17)33-3/h4-14H,15H2,1-3H3,(H,26,30). The quantitative estimate of drug-likeness (QED) is 0.444. The van der Waals surface area contributed by atoms with Gasteiger partial charge in [0.2, 0.25) is 0 Å². The first kappa shape index (κ1) is 21.8. The number of hydrogen-bond acceptors (Lipinski definition) is 7. The van der Waals surface area contributed by atoms with E-state index in [9.17, 15) is 4.79 Å². The average molecular weight is 445 g/mol. The predicted molar refractivity (Wildman–Crippen MR) is 122 cm³/mol. The number of ether oxygens (including phenoxy) is 3. The Labute approximate surface area is 190 Å². The summed E-state index contributed by atoms with van der Waals surface area (Å²) in [4.78, 5) is 17.4. The molecule has 0 fully saturated rings. The molecule has 4 rings (SSSR count). The Balaban J connectivity index is 1.67. The van der Waals surface area contributed by atoms with E-state index in [1.54, 1.807) is 56.6 Å². The minimum Gasteiger partial charge on any atom is -0.497 e. The van der Waals surface area contributed by atoms with E-state index in [0.717, 1.165) is 11.3 Å². The predicted octanol–water partition coefficient (Wildman–Crippen LogP) is 3.29. The lowest BCUT2D eigenvalue weighted by molar-refractivity contribution is 0.0946. The maximum atomic E-state index is 13.2. The highest BCUT2D eigenvalue weighted by Gasteiger charge is 2.22. The lowest BCUT2D eigenvalue weighted by atomic mass is 10.1. The molecule has 0 aliphatic carbocycles. The summed E-state index contributed by atoms with van der Waals surface area (Å²) in [5.74, 6) is 1.65. The first-order valence-corrected chi connectivity index (χ1v) is 10.1. The Morgan fingerprint density at radius 2 is 1.73 bits per heavy atom. The van der Waals surface area contributed by atoms with Gasteiger partial charge < -0.3 is 19.5 Å². The van der Waals surface area contributed by atoms with E-state index >= 15 is 0 Å². The molecule has 0 saturated carbocycles. The summed E-state index contributed by atoms with van der Waals surface area (Å²) >= 11 is 0. The van der Waals surface area contributed by atoms with Gasteiger partial charge in [-0.05, 0) is 54.6 Å². The van der Waals surface area contributed by atoms with Crippen LogP contribution < -0.4 is 19.5 Å². The van der Waals surface area contributed by atoms with Gasteiger partial charge in [-0.3, -0.25) is 9.78 Å². The molecule has 168 valence electrons. The number of nitrogens with one attached hydrogen (secondary N) is 1. The van der Waals surface area contributed by atoms with Crippen LogP contribution in [0.5, 0.6) is 17.2 Å². The molecule has 33 heavy (non-hydrogen) atoms. The van der Waals surface area contributed by atoms with Crippen LogP contribution in [0.2, 0.25) is 0 Å². The zero-order valence-corrected chi connectivity index (χ0v) is 18.5. The molecule has 0 aliphatic heterocycles. The van der Waals surface area contributed by atoms with Crippen LogP contribution in [0, 0.1) is 0 Å². The Morgan fingerprint density at radius 3 is 2.39 bits per heavy atom. The van der Waals surface area contributed by atoms with Crippen molar-refractivity contribution in [3.8, 4) is 34.2 Å². The number of benzene rings is 2. The normalized spacial score (nSPS) is 10.5. The van der Waals surface area contributed by atoms with Crippen LogP contribution >= 0.6 is 0 Å². The first-order chi connectivity index (χ1) is 16.1. The Hall–Kier alpha value is -4.40. The van der Waals surface area contributed by atoms with Crippen LogP contribution in [0.3, 0.4) is 0 Å². The lowest BCUT2D eigenvalue weighted by Crippen LogP contribution is -2.24. The van der Waals surface area contributed by atoms with Gasteiger partial charge in [0.1, 0.15) is 22.9 Å². The van der Waals surface area contributed by atoms with Gasteiger partial charge in [-0.25, -0.2) is 4.68 Å². The van der Waals surface area contributed by atoms with Crippen molar-refractivity contribution in [1.82, 2.24) is 25.3 Å². The minimum absolute atomic E-state index is 0.181. The fourth-order valence-electron chi connectivity index (χ4n) is 3.38. The summed E-state index contributed by atoms with van der Waals surface area (Å²) in [5.41, 5.74) is 2.93. The summed E-state index contributed by atoms with van der Waals surface area (Å²) in [6.45, 7) is 0.223. The zero-order valence-electron chi connectivity index (χ0n) is 18.5. The second-order valence-corrected chi connectivity index (χ2v) is 7.00. The van der Waals surface area contributed by atoms with Crippen molar-refractivity contribution in [2.75, 3.05) is 21.3 Å². The molecule has 0 saturated heterocycles. The van der Waals surface area contributed by atoms with Crippen molar-refractivity contribution >= 4 is 5.91 Å². The van der Waals surface area contributed by atoms with Crippen LogP contribution in [0.4, 0.5) is 0 Å². The van der Waals surface area contributed by atoms with Gasteiger partial charge in [0.15, 0.2) is 5.69 Å². The molecule has 2 aromatic carbocycles. The van der Waals surface area contributed by atoms with Crippen molar-refractivity contribution in [2.45, 2.75) is 6.54 Å². The summed E-state index contributed by atoms with van der Waals surface area (Å²) < 4.78 is 17.5. The van der Waals surface area contributed by atoms with E-state index in [-0.39, 0.29) is 18.1 Å². The zero-order chi connectivity index (χ0) is 23.2. The molecule has 9 heteroatoms. The highest BCUT2D eigenvalue weighted by molar-refractivity contribution is 5.98. The molecule has 2 heterocycles. The number of pyridine rings is 1. The molecule has 0 spiro atoms. The summed E-state index contributed by atoms with van der Waals surface area (Å²) in [5, 5.41) is 11.3. The second kappa shape index (κ2) is 9.82. The Kier molecular flexibility index (Phi) is 6.49. The van der Waals surface area contributed by atoms with E-state index < -0.39 is 0 Å². The Morgan fingerprint density at radius 1 is 0.970 bits per heavy atom. The molecular formula is C24H23N5O4. The van der Waals surface area contributed by atoms with Gasteiger partial charge in [-0.15, -0.1) is 5.10 Å². The van der Waals surface area contributed by atoms with Crippen LogP contribution in [-0.4, -0.2) is 47.2 Å². The molecule has 0 bridgehead atoms. The van der Waals surface area contributed by atoms with Gasteiger partial charge in [-0.1, -0.05) is 5.21 Å². The average Bonchev–Trinajstić information content (AvgIpc) is 3.33. The molecule has 0 atom stereocenters. The van der Waals surface area contributed by atoms with Gasteiger partial charge in [0.25, 0.3) is 5.91 Å². The number of aromatic nitrogens is 4. The van der Waals surface area contributed by atoms with Crippen molar-refractivity contribution < 1.29 is 19.0 Å². The van der Waals surface area contributed by atoms with Gasteiger partial charge in [0.05, 0.1) is 27.0 Å². The highest BCUT2D eigenvalue weighted by atomic mass is 16.5. The van der Waals surface area contributed by atoms with E-state index in [2.05, 4.69) is 20.6 Å². The first-order valence-electron chi connectivity index (χ1n) is 10.1. The second-order valence-electron chi connectivity index (χ2n) is 7.00. The van der Waals surface area contributed by atoms with Crippen LogP contribution in [-0.2, 0) is 6.54 Å². The van der Waals surface area contributed by atoms with Gasteiger partial charge in [-0.2, -0.15) is 0 Å². The number of methoxy groups -OCH3 is 3. The summed E-state index contributed by atoms with van der Waals surface area (Å²) in [7, 11) is 4.77. The highest BCUT2D eigenvalue weighted by Crippen LogP contribution is 2.27. The molecule has 1 N–H and O–H groups in total. The van der Waals surface area contributed by atoms with Gasteiger partial charge in [0, 0.05) is 30.1 Å². The molecule has 1 amide bonds. The summed E-state index contributed by atoms with van der Waals surface area (Å²) in [6, 6.07) is 16.4. The smallest absolute Gasteiger partial charge is 0.274 e. The van der Waals surface area contributed by atoms with E-state index in [1.165, 1.54) is 0 Å². The molecule has 4 aromatic rings. The maximum absolute atomic E-state index is 13.2. The molecule has 0 aliphatic rings. The maximum Gasteiger partial charge on any atom is 0.274 e. The molecule has 0 radical (unpaired) electrons. The monoisotopic (exact) mass is 445 g/mol. The lowest BCUT2D eigenvalue weighted by Gasteiger charge is -2.12. The number of carbonyl (C=O) groups is 1. The molecule has 9 nitrogen and oxygen atoms in total. The van der Waals surface area contributed by atoms with Crippen molar-refractivity contribution in [3.05, 3.63) is 78.2 Å². The van der Waals surface area contributed by atoms with Crippen molar-refractivity contribution in [3.63, 3.8) is 0 Å². The topological polar surface area (TPSA) is 100 Å². The van der Waals surface area contributed by atoms with Gasteiger partial charge >= 0.3 is 0 Å². The third kappa shape index (κ3) is 4.62. The number of hydrogen-bond donors (Lipinski definition) is 1. The summed E-state index contributed by atoms with van der Waals surface area (Å²) in [6.07, 6.45) is 3.33. The van der Waals surface area contributed by atoms with E-state index in [1.807, 2.05) is 36.4 Å². The third-order valence-corrected chi connectivity index (χ3v) is 5.06. The molecule has 0 unspecified atom stereocenters. The number of amides is 1. The van der Waals surface area contributed by atoms with Crippen LogP contribution in [0.15, 0.2) is 67.0 Å². The minimum atomic E-state index is -0.376. The van der Waals surface area contributed by atoms with Crippen LogP contribution in [0.1, 0.15) is 16.1 Å². The fraction of sp³-hybridized carbons (Fsp3) is 0.167. The number of rotatable bonds is 8. The van der Waals surface area contributed by atoms with E-state index in [0.29, 0.717) is 28.5 Å². The Bertz CT molecular complexity index is 1240. The number of carbonyl (C=O) groups excluding carboxylic acids is 1.